The van der Waals surface area contributed by atoms with Crippen LogP contribution in [0, 0.1) is 0 Å². The molecule has 3 rings (SSSR count). The van der Waals surface area contributed by atoms with Crippen LogP contribution in [0.3, 0.4) is 0 Å². The van der Waals surface area contributed by atoms with Gasteiger partial charge in [0.2, 0.25) is 10.0 Å². The highest BCUT2D eigenvalue weighted by molar-refractivity contribution is 7.89. The largest absolute Gasteiger partial charge is 0.339 e. The van der Waals surface area contributed by atoms with Gasteiger partial charge in [-0.1, -0.05) is 72.3 Å². The fourth-order valence-corrected chi connectivity index (χ4v) is 4.07. The van der Waals surface area contributed by atoms with Crippen LogP contribution in [0.1, 0.15) is 28.4 Å². The van der Waals surface area contributed by atoms with Crippen LogP contribution in [0.2, 0.25) is 5.02 Å². The van der Waals surface area contributed by atoms with Gasteiger partial charge in [0.15, 0.2) is 0 Å². The van der Waals surface area contributed by atoms with Crippen molar-refractivity contribution in [3.63, 3.8) is 0 Å². The van der Waals surface area contributed by atoms with E-state index in [-0.39, 0.29) is 15.5 Å². The summed E-state index contributed by atoms with van der Waals surface area (Å²) in [6.45, 7) is 1.90. The Morgan fingerprint density at radius 2 is 1.41 bits per heavy atom. The molecule has 0 saturated carbocycles. The molecule has 0 aliphatic carbocycles. The van der Waals surface area contributed by atoms with E-state index in [1.54, 1.807) is 0 Å². The molecule has 0 bridgehead atoms. The van der Waals surface area contributed by atoms with E-state index >= 15 is 0 Å². The van der Waals surface area contributed by atoms with E-state index in [9.17, 15) is 13.2 Å². The summed E-state index contributed by atoms with van der Waals surface area (Å²) in [7, 11) is -2.40. The van der Waals surface area contributed by atoms with Crippen LogP contribution in [0.4, 0.5) is 0 Å². The van der Waals surface area contributed by atoms with Crippen LogP contribution >= 0.6 is 11.6 Å². The lowest BCUT2D eigenvalue weighted by molar-refractivity contribution is 0.0919. The van der Waals surface area contributed by atoms with Gasteiger partial charge in [0.1, 0.15) is 0 Å². The predicted molar refractivity (Wildman–Crippen MR) is 115 cm³/mol. The highest BCUT2D eigenvalue weighted by Crippen LogP contribution is 2.30. The van der Waals surface area contributed by atoms with Crippen LogP contribution in [-0.2, 0) is 15.6 Å². The van der Waals surface area contributed by atoms with Gasteiger partial charge in [-0.3, -0.25) is 4.79 Å². The van der Waals surface area contributed by atoms with Gasteiger partial charge in [-0.05, 0) is 43.3 Å². The van der Waals surface area contributed by atoms with Gasteiger partial charge in [-0.15, -0.1) is 0 Å². The summed E-state index contributed by atoms with van der Waals surface area (Å²) in [6, 6.07) is 23.2. The number of carbonyl (C=O) groups excluding carboxylic acids is 1. The van der Waals surface area contributed by atoms with Gasteiger partial charge in [-0.25, -0.2) is 13.1 Å². The first-order valence-electron chi connectivity index (χ1n) is 8.94. The quantitative estimate of drug-likeness (QED) is 0.624. The molecule has 0 saturated heterocycles. The van der Waals surface area contributed by atoms with Crippen molar-refractivity contribution in [1.82, 2.24) is 10.0 Å². The van der Waals surface area contributed by atoms with Crippen LogP contribution in [0.15, 0.2) is 83.8 Å². The Hall–Kier alpha value is -2.67. The van der Waals surface area contributed by atoms with Gasteiger partial charge in [0, 0.05) is 0 Å². The molecule has 0 unspecified atom stereocenters. The number of benzene rings is 3. The van der Waals surface area contributed by atoms with Crippen molar-refractivity contribution < 1.29 is 13.2 Å². The number of sulfonamides is 1. The number of hydrogen-bond acceptors (Lipinski definition) is 3. The highest BCUT2D eigenvalue weighted by Gasteiger charge is 2.31. The van der Waals surface area contributed by atoms with E-state index in [4.69, 9.17) is 11.6 Å². The predicted octanol–water partition coefficient (Wildman–Crippen LogP) is 3.94. The zero-order chi connectivity index (χ0) is 21.1. The Morgan fingerprint density at radius 1 is 0.897 bits per heavy atom. The minimum absolute atomic E-state index is 0.0318. The molecule has 3 aromatic rings. The van der Waals surface area contributed by atoms with Crippen molar-refractivity contribution in [3.05, 3.63) is 101 Å². The van der Waals surface area contributed by atoms with Crippen LogP contribution < -0.4 is 10.0 Å². The molecule has 0 atom stereocenters. The van der Waals surface area contributed by atoms with E-state index in [1.807, 2.05) is 67.6 Å². The molecule has 0 radical (unpaired) electrons. The monoisotopic (exact) mass is 428 g/mol. The maximum Gasteiger partial charge on any atom is 0.253 e. The average molecular weight is 429 g/mol. The summed E-state index contributed by atoms with van der Waals surface area (Å²) in [5, 5.41) is 3.21. The first-order valence-corrected chi connectivity index (χ1v) is 10.8. The normalized spacial score (nSPS) is 11.8. The molecule has 0 aliphatic rings. The molecule has 0 spiro atoms. The van der Waals surface area contributed by atoms with Gasteiger partial charge in [0.25, 0.3) is 5.91 Å². The maximum absolute atomic E-state index is 13.2. The second-order valence-corrected chi connectivity index (χ2v) is 8.95. The molecule has 29 heavy (non-hydrogen) atoms. The van der Waals surface area contributed by atoms with Gasteiger partial charge in [-0.2, -0.15) is 0 Å². The lowest BCUT2D eigenvalue weighted by Crippen LogP contribution is -2.44. The molecule has 7 heteroatoms. The molecule has 1 amide bonds. The molecule has 3 aromatic carbocycles. The average Bonchev–Trinajstić information content (AvgIpc) is 2.75. The first kappa shape index (κ1) is 21.0. The van der Waals surface area contributed by atoms with E-state index in [1.165, 1.54) is 25.2 Å². The summed E-state index contributed by atoms with van der Waals surface area (Å²) in [5.74, 6) is -0.474. The van der Waals surface area contributed by atoms with E-state index in [2.05, 4.69) is 10.0 Å². The zero-order valence-corrected chi connectivity index (χ0v) is 17.6. The summed E-state index contributed by atoms with van der Waals surface area (Å²) >= 11 is 6.23. The summed E-state index contributed by atoms with van der Waals surface area (Å²) in [6.07, 6.45) is 0. The van der Waals surface area contributed by atoms with E-state index in [0.717, 1.165) is 11.1 Å². The van der Waals surface area contributed by atoms with Crippen LogP contribution in [0.25, 0.3) is 0 Å². The lowest BCUT2D eigenvalue weighted by Gasteiger charge is -2.32. The zero-order valence-electron chi connectivity index (χ0n) is 16.0. The maximum atomic E-state index is 13.2. The Kier molecular flexibility index (Phi) is 6.07. The minimum atomic E-state index is -3.71. The summed E-state index contributed by atoms with van der Waals surface area (Å²) < 4.78 is 26.5. The molecule has 0 aromatic heterocycles. The number of hydrogen-bond donors (Lipinski definition) is 2. The van der Waals surface area contributed by atoms with Gasteiger partial charge < -0.3 is 5.32 Å². The molecular formula is C22H21ClN2O3S. The van der Waals surface area contributed by atoms with Crippen molar-refractivity contribution in [2.24, 2.45) is 0 Å². The third-order valence-electron chi connectivity index (χ3n) is 4.83. The van der Waals surface area contributed by atoms with Crippen LogP contribution in [-0.4, -0.2) is 21.4 Å². The van der Waals surface area contributed by atoms with Crippen molar-refractivity contribution in [3.8, 4) is 0 Å². The Balaban J connectivity index is 2.06. The third kappa shape index (κ3) is 4.34. The molecule has 2 N–H and O–H groups in total. The second kappa shape index (κ2) is 8.37. The smallest absolute Gasteiger partial charge is 0.253 e. The van der Waals surface area contributed by atoms with E-state index in [0.29, 0.717) is 0 Å². The number of halogens is 1. The fraction of sp³-hybridized carbons (Fsp3) is 0.136. The molecule has 0 fully saturated rings. The second-order valence-electron chi connectivity index (χ2n) is 6.66. The van der Waals surface area contributed by atoms with Crippen molar-refractivity contribution in [1.29, 1.82) is 0 Å². The van der Waals surface area contributed by atoms with Crippen molar-refractivity contribution in [2.45, 2.75) is 17.4 Å². The van der Waals surface area contributed by atoms with Crippen molar-refractivity contribution in [2.75, 3.05) is 7.05 Å². The van der Waals surface area contributed by atoms with Crippen molar-refractivity contribution >= 4 is 27.5 Å². The topological polar surface area (TPSA) is 75.3 Å². The SMILES string of the molecule is CNS(=O)(=O)c1ccc(Cl)c(C(=O)NC(C)(c2ccccc2)c2ccccc2)c1. The van der Waals surface area contributed by atoms with Gasteiger partial charge in [0.05, 0.1) is 21.0 Å². The van der Waals surface area contributed by atoms with Crippen LogP contribution in [0.5, 0.6) is 0 Å². The number of rotatable bonds is 6. The summed E-state index contributed by atoms with van der Waals surface area (Å²) in [5.41, 5.74) is 1.01. The van der Waals surface area contributed by atoms with Gasteiger partial charge >= 0.3 is 0 Å². The Labute approximate surface area is 175 Å². The highest BCUT2D eigenvalue weighted by atomic mass is 35.5. The molecule has 5 nitrogen and oxygen atoms in total. The number of carbonyl (C=O) groups is 1. The Bertz CT molecular complexity index is 1080. The standard InChI is InChI=1S/C22H21ClN2O3S/c1-22(16-9-5-3-6-10-16,17-11-7-4-8-12-17)25-21(26)19-15-18(13-14-20(19)23)29(27,28)24-2/h3-15,24H,1-2H3,(H,25,26). The molecule has 0 aliphatic heterocycles. The lowest BCUT2D eigenvalue weighted by atomic mass is 9.84. The minimum Gasteiger partial charge on any atom is -0.339 e. The first-order chi connectivity index (χ1) is 13.8. The molecular weight excluding hydrogens is 408 g/mol. The summed E-state index contributed by atoms with van der Waals surface area (Å²) in [4.78, 5) is 13.2. The third-order valence-corrected chi connectivity index (χ3v) is 6.57. The fourth-order valence-electron chi connectivity index (χ4n) is 3.11. The number of amides is 1. The Morgan fingerprint density at radius 3 is 1.90 bits per heavy atom. The molecule has 150 valence electrons. The van der Waals surface area contributed by atoms with E-state index < -0.39 is 21.5 Å². The molecule has 0 heterocycles. The number of nitrogens with one attached hydrogen (secondary N) is 2.